The molecule has 0 aliphatic heterocycles. The van der Waals surface area contributed by atoms with Gasteiger partial charge in [-0.1, -0.05) is 35.3 Å². The van der Waals surface area contributed by atoms with Gasteiger partial charge < -0.3 is 0 Å². The molecule has 0 spiro atoms. The van der Waals surface area contributed by atoms with E-state index in [9.17, 15) is 8.42 Å². The standard InChI is InChI=1S/C13H10BrCl2NO2S/c1-8-6-11(16)12(7-10(8)15)17-20(18,19)13-5-3-2-4-9(13)14/h2-7,17H,1H3. The highest BCUT2D eigenvalue weighted by atomic mass is 79.9. The van der Waals surface area contributed by atoms with Gasteiger partial charge in [0, 0.05) is 9.50 Å². The molecule has 0 saturated heterocycles. The van der Waals surface area contributed by atoms with Gasteiger partial charge >= 0.3 is 0 Å². The molecule has 0 atom stereocenters. The molecular formula is C13H10BrCl2NO2S. The van der Waals surface area contributed by atoms with Crippen LogP contribution >= 0.6 is 39.1 Å². The van der Waals surface area contributed by atoms with Gasteiger partial charge in [0.15, 0.2) is 0 Å². The molecule has 0 heterocycles. The predicted octanol–water partition coefficient (Wildman–Crippen LogP) is 4.87. The minimum Gasteiger partial charge on any atom is -0.278 e. The number of anilines is 1. The molecule has 2 rings (SSSR count). The average molecular weight is 395 g/mol. The number of rotatable bonds is 3. The minimum absolute atomic E-state index is 0.132. The Morgan fingerprint density at radius 2 is 1.75 bits per heavy atom. The van der Waals surface area contributed by atoms with Gasteiger partial charge in [-0.25, -0.2) is 8.42 Å². The molecule has 20 heavy (non-hydrogen) atoms. The van der Waals surface area contributed by atoms with E-state index in [1.807, 2.05) is 0 Å². The number of halogens is 3. The molecule has 0 aromatic heterocycles. The van der Waals surface area contributed by atoms with Gasteiger partial charge in [0.1, 0.15) is 4.90 Å². The summed E-state index contributed by atoms with van der Waals surface area (Å²) in [6.07, 6.45) is 0. The number of aryl methyl sites for hydroxylation is 1. The van der Waals surface area contributed by atoms with Crippen LogP contribution in [0.1, 0.15) is 5.56 Å². The smallest absolute Gasteiger partial charge is 0.263 e. The van der Waals surface area contributed by atoms with Gasteiger partial charge in [-0.15, -0.1) is 0 Å². The first-order chi connectivity index (χ1) is 9.31. The topological polar surface area (TPSA) is 46.2 Å². The van der Waals surface area contributed by atoms with Crippen LogP contribution in [-0.2, 0) is 10.0 Å². The summed E-state index contributed by atoms with van der Waals surface area (Å²) in [5, 5.41) is 0.738. The maximum absolute atomic E-state index is 12.3. The molecule has 0 bridgehead atoms. The lowest BCUT2D eigenvalue weighted by Crippen LogP contribution is -2.14. The summed E-state index contributed by atoms with van der Waals surface area (Å²) < 4.78 is 27.6. The lowest BCUT2D eigenvalue weighted by molar-refractivity contribution is 0.601. The van der Waals surface area contributed by atoms with Crippen LogP contribution in [0.3, 0.4) is 0 Å². The SMILES string of the molecule is Cc1cc(Cl)c(NS(=O)(=O)c2ccccc2Br)cc1Cl. The number of nitrogens with one attached hydrogen (secondary N) is 1. The van der Waals surface area contributed by atoms with E-state index >= 15 is 0 Å². The fourth-order valence-electron chi connectivity index (χ4n) is 1.59. The first kappa shape index (κ1) is 15.6. The number of benzene rings is 2. The third-order valence-electron chi connectivity index (χ3n) is 2.62. The molecule has 0 radical (unpaired) electrons. The molecule has 1 N–H and O–H groups in total. The highest BCUT2D eigenvalue weighted by Gasteiger charge is 2.19. The molecule has 0 saturated carbocycles. The van der Waals surface area contributed by atoms with Crippen molar-refractivity contribution in [1.82, 2.24) is 0 Å². The molecule has 2 aromatic rings. The van der Waals surface area contributed by atoms with Crippen molar-refractivity contribution in [1.29, 1.82) is 0 Å². The molecular weight excluding hydrogens is 385 g/mol. The highest BCUT2D eigenvalue weighted by molar-refractivity contribution is 9.10. The largest absolute Gasteiger partial charge is 0.278 e. The molecule has 0 fully saturated rings. The van der Waals surface area contributed by atoms with Crippen LogP contribution in [0, 0.1) is 6.92 Å². The van der Waals surface area contributed by atoms with Crippen molar-refractivity contribution >= 4 is 54.8 Å². The summed E-state index contributed by atoms with van der Waals surface area (Å²) in [5.41, 5.74) is 1.03. The Hall–Kier alpha value is -0.750. The lowest BCUT2D eigenvalue weighted by atomic mass is 10.2. The zero-order valence-corrected chi connectivity index (χ0v) is 14.2. The molecule has 0 aliphatic carbocycles. The fraction of sp³-hybridized carbons (Fsp3) is 0.0769. The van der Waals surface area contributed by atoms with Crippen LogP contribution in [0.15, 0.2) is 45.8 Å². The molecule has 0 aliphatic rings. The number of sulfonamides is 1. The van der Waals surface area contributed by atoms with E-state index in [2.05, 4.69) is 20.7 Å². The summed E-state index contributed by atoms with van der Waals surface area (Å²) in [6, 6.07) is 9.63. The van der Waals surface area contributed by atoms with Crippen LogP contribution in [0.4, 0.5) is 5.69 Å². The molecule has 0 amide bonds. The van der Waals surface area contributed by atoms with Gasteiger partial charge in [-0.3, -0.25) is 4.72 Å². The van der Waals surface area contributed by atoms with E-state index in [1.54, 1.807) is 31.2 Å². The average Bonchev–Trinajstić information content (AvgIpc) is 2.36. The quantitative estimate of drug-likeness (QED) is 0.807. The van der Waals surface area contributed by atoms with Crippen LogP contribution < -0.4 is 4.72 Å². The highest BCUT2D eigenvalue weighted by Crippen LogP contribution is 2.31. The molecule has 2 aromatic carbocycles. The Morgan fingerprint density at radius 3 is 2.40 bits per heavy atom. The Bertz CT molecular complexity index is 763. The Balaban J connectivity index is 2.44. The van der Waals surface area contributed by atoms with Gasteiger partial charge in [0.05, 0.1) is 10.7 Å². The Labute approximate surface area is 136 Å². The number of hydrogen-bond acceptors (Lipinski definition) is 2. The van der Waals surface area contributed by atoms with Gasteiger partial charge in [-0.05, 0) is 52.7 Å². The second-order valence-electron chi connectivity index (χ2n) is 4.12. The maximum Gasteiger partial charge on any atom is 0.263 e. The molecule has 7 heteroatoms. The normalized spacial score (nSPS) is 11.4. The van der Waals surface area contributed by atoms with Crippen LogP contribution in [-0.4, -0.2) is 8.42 Å². The van der Waals surface area contributed by atoms with E-state index in [4.69, 9.17) is 23.2 Å². The number of hydrogen-bond donors (Lipinski definition) is 1. The van der Waals surface area contributed by atoms with Crippen LogP contribution in [0.25, 0.3) is 0 Å². The van der Waals surface area contributed by atoms with Crippen molar-refractivity contribution in [2.45, 2.75) is 11.8 Å². The summed E-state index contributed by atoms with van der Waals surface area (Å²) in [6.45, 7) is 1.79. The third-order valence-corrected chi connectivity index (χ3v) is 5.72. The molecule has 0 unspecified atom stereocenters. The van der Waals surface area contributed by atoms with E-state index in [0.29, 0.717) is 14.5 Å². The van der Waals surface area contributed by atoms with Gasteiger partial charge in [0.25, 0.3) is 10.0 Å². The van der Waals surface area contributed by atoms with E-state index in [-0.39, 0.29) is 10.6 Å². The second kappa shape index (κ2) is 5.93. The van der Waals surface area contributed by atoms with Crippen molar-refractivity contribution in [3.8, 4) is 0 Å². The van der Waals surface area contributed by atoms with E-state index in [0.717, 1.165) is 5.56 Å². The first-order valence-electron chi connectivity index (χ1n) is 5.54. The van der Waals surface area contributed by atoms with Crippen molar-refractivity contribution in [2.75, 3.05) is 4.72 Å². The van der Waals surface area contributed by atoms with Crippen molar-refractivity contribution in [2.24, 2.45) is 0 Å². The predicted molar refractivity (Wildman–Crippen MR) is 86.1 cm³/mol. The van der Waals surface area contributed by atoms with Crippen molar-refractivity contribution < 1.29 is 8.42 Å². The zero-order chi connectivity index (χ0) is 14.9. The summed E-state index contributed by atoms with van der Waals surface area (Å²) in [4.78, 5) is 0.132. The minimum atomic E-state index is -3.74. The van der Waals surface area contributed by atoms with E-state index in [1.165, 1.54) is 12.1 Å². The zero-order valence-electron chi connectivity index (χ0n) is 10.3. The maximum atomic E-state index is 12.3. The summed E-state index contributed by atoms with van der Waals surface area (Å²) in [5.74, 6) is 0. The second-order valence-corrected chi connectivity index (χ2v) is 7.44. The van der Waals surface area contributed by atoms with Crippen molar-refractivity contribution in [3.05, 3.63) is 56.5 Å². The van der Waals surface area contributed by atoms with E-state index < -0.39 is 10.0 Å². The van der Waals surface area contributed by atoms with Gasteiger partial charge in [-0.2, -0.15) is 0 Å². The first-order valence-corrected chi connectivity index (χ1v) is 8.57. The van der Waals surface area contributed by atoms with Crippen LogP contribution in [0.5, 0.6) is 0 Å². The summed E-state index contributed by atoms with van der Waals surface area (Å²) >= 11 is 15.2. The van der Waals surface area contributed by atoms with Crippen LogP contribution in [0.2, 0.25) is 10.0 Å². The Kier molecular flexibility index (Phi) is 4.64. The van der Waals surface area contributed by atoms with Gasteiger partial charge in [0.2, 0.25) is 0 Å². The fourth-order valence-corrected chi connectivity index (χ4v) is 4.15. The monoisotopic (exact) mass is 393 g/mol. The summed E-state index contributed by atoms with van der Waals surface area (Å²) in [7, 11) is -3.74. The Morgan fingerprint density at radius 1 is 1.10 bits per heavy atom. The molecule has 106 valence electrons. The third kappa shape index (κ3) is 3.28. The molecule has 3 nitrogen and oxygen atoms in total. The van der Waals surface area contributed by atoms with Crippen molar-refractivity contribution in [3.63, 3.8) is 0 Å². The lowest BCUT2D eigenvalue weighted by Gasteiger charge is -2.12.